The van der Waals surface area contributed by atoms with Crippen molar-refractivity contribution in [2.75, 3.05) is 5.73 Å². The lowest BCUT2D eigenvalue weighted by atomic mass is 9.95. The highest BCUT2D eigenvalue weighted by Gasteiger charge is 2.21. The van der Waals surface area contributed by atoms with E-state index in [9.17, 15) is 0 Å². The van der Waals surface area contributed by atoms with Gasteiger partial charge in [0.05, 0.1) is 0 Å². The van der Waals surface area contributed by atoms with Crippen LogP contribution in [0.2, 0.25) is 0 Å². The highest BCUT2D eigenvalue weighted by atomic mass is 32.2. The Balaban J connectivity index is 2.43. The van der Waals surface area contributed by atoms with E-state index in [2.05, 4.69) is 40.7 Å². The van der Waals surface area contributed by atoms with Gasteiger partial charge in [0.2, 0.25) is 0 Å². The number of nitrogens with zero attached hydrogens (tertiary/aromatic N) is 4. The standard InChI is InChI=1S/C14H19N5S/c1-8-6-7-16-13(17-8)20-11-9(2)10(15)18-12(19-11)14(3,4)5/h6-7H,1-5H3,(H2,15,18,19). The van der Waals surface area contributed by atoms with Crippen LogP contribution in [0.5, 0.6) is 0 Å². The van der Waals surface area contributed by atoms with Gasteiger partial charge in [0, 0.05) is 22.9 Å². The van der Waals surface area contributed by atoms with E-state index in [1.807, 2.05) is 19.9 Å². The maximum atomic E-state index is 6.00. The topological polar surface area (TPSA) is 77.6 Å². The molecule has 0 saturated heterocycles. The molecule has 0 spiro atoms. The molecule has 0 fully saturated rings. The van der Waals surface area contributed by atoms with Crippen LogP contribution in [-0.2, 0) is 5.41 Å². The molecule has 2 N–H and O–H groups in total. The van der Waals surface area contributed by atoms with Crippen molar-refractivity contribution in [2.24, 2.45) is 0 Å². The molecule has 106 valence electrons. The van der Waals surface area contributed by atoms with Gasteiger partial charge < -0.3 is 5.73 Å². The summed E-state index contributed by atoms with van der Waals surface area (Å²) in [5, 5.41) is 1.49. The van der Waals surface area contributed by atoms with Gasteiger partial charge in [-0.25, -0.2) is 19.9 Å². The molecule has 0 aromatic carbocycles. The summed E-state index contributed by atoms with van der Waals surface area (Å²) in [5.41, 5.74) is 7.65. The van der Waals surface area contributed by atoms with Gasteiger partial charge in [-0.15, -0.1) is 0 Å². The molecule has 0 aliphatic rings. The van der Waals surface area contributed by atoms with Gasteiger partial charge in [0.25, 0.3) is 0 Å². The Morgan fingerprint density at radius 2 is 1.80 bits per heavy atom. The third-order valence-electron chi connectivity index (χ3n) is 2.77. The SMILES string of the molecule is Cc1ccnc(Sc2nc(C(C)(C)C)nc(N)c2C)n1. The fourth-order valence-corrected chi connectivity index (χ4v) is 2.37. The van der Waals surface area contributed by atoms with Crippen molar-refractivity contribution in [3.63, 3.8) is 0 Å². The summed E-state index contributed by atoms with van der Waals surface area (Å²) in [7, 11) is 0. The third kappa shape index (κ3) is 3.25. The first kappa shape index (κ1) is 14.7. The minimum Gasteiger partial charge on any atom is -0.383 e. The molecule has 0 radical (unpaired) electrons. The third-order valence-corrected chi connectivity index (χ3v) is 3.74. The second-order valence-corrected chi connectivity index (χ2v) is 6.65. The number of nitrogens with two attached hydrogens (primary N) is 1. The van der Waals surface area contributed by atoms with Gasteiger partial charge in [-0.05, 0) is 31.7 Å². The number of hydrogen-bond donors (Lipinski definition) is 1. The predicted octanol–water partition coefficient (Wildman–Crippen LogP) is 2.91. The lowest BCUT2D eigenvalue weighted by molar-refractivity contribution is 0.538. The molecule has 2 rings (SSSR count). The number of hydrogen-bond acceptors (Lipinski definition) is 6. The largest absolute Gasteiger partial charge is 0.383 e. The van der Waals surface area contributed by atoms with Crippen molar-refractivity contribution >= 4 is 17.6 Å². The van der Waals surface area contributed by atoms with Crippen LogP contribution in [0.1, 0.15) is 37.9 Å². The molecule has 0 amide bonds. The molecule has 0 aliphatic heterocycles. The van der Waals surface area contributed by atoms with Crippen molar-refractivity contribution < 1.29 is 0 Å². The molecule has 2 heterocycles. The summed E-state index contributed by atoms with van der Waals surface area (Å²) >= 11 is 1.42. The van der Waals surface area contributed by atoms with Gasteiger partial charge >= 0.3 is 0 Å². The molecule has 20 heavy (non-hydrogen) atoms. The molecule has 0 saturated carbocycles. The number of aromatic nitrogens is 4. The molecule has 0 atom stereocenters. The van der Waals surface area contributed by atoms with E-state index in [-0.39, 0.29) is 5.41 Å². The van der Waals surface area contributed by atoms with E-state index < -0.39 is 0 Å². The Morgan fingerprint density at radius 3 is 2.40 bits per heavy atom. The highest BCUT2D eigenvalue weighted by molar-refractivity contribution is 7.99. The predicted molar refractivity (Wildman–Crippen MR) is 80.8 cm³/mol. The summed E-state index contributed by atoms with van der Waals surface area (Å²) in [6.45, 7) is 10.0. The maximum absolute atomic E-state index is 6.00. The molecule has 2 aromatic rings. The minimum absolute atomic E-state index is 0.148. The van der Waals surface area contributed by atoms with Gasteiger partial charge in [-0.2, -0.15) is 0 Å². The van der Waals surface area contributed by atoms with E-state index in [4.69, 9.17) is 5.73 Å². The summed E-state index contributed by atoms with van der Waals surface area (Å²) in [6, 6.07) is 1.87. The van der Waals surface area contributed by atoms with Crippen LogP contribution in [0.25, 0.3) is 0 Å². The molecular formula is C14H19N5S. The molecule has 6 heteroatoms. The summed E-state index contributed by atoms with van der Waals surface area (Å²) in [6.07, 6.45) is 1.75. The Hall–Kier alpha value is -1.69. The molecule has 2 aromatic heterocycles. The lowest BCUT2D eigenvalue weighted by Crippen LogP contribution is -2.18. The number of rotatable bonds is 2. The van der Waals surface area contributed by atoms with Crippen molar-refractivity contribution in [3.05, 3.63) is 29.3 Å². The zero-order valence-electron chi connectivity index (χ0n) is 12.4. The average Bonchev–Trinajstić information content (AvgIpc) is 2.33. The Kier molecular flexibility index (Phi) is 3.94. The first-order chi connectivity index (χ1) is 9.27. The normalized spacial score (nSPS) is 11.7. The molecule has 0 aliphatic carbocycles. The maximum Gasteiger partial charge on any atom is 0.194 e. The van der Waals surface area contributed by atoms with E-state index in [1.165, 1.54) is 11.8 Å². The van der Waals surface area contributed by atoms with Crippen LogP contribution in [0, 0.1) is 13.8 Å². The van der Waals surface area contributed by atoms with Crippen LogP contribution >= 0.6 is 11.8 Å². The summed E-state index contributed by atoms with van der Waals surface area (Å²) < 4.78 is 0. The number of aryl methyl sites for hydroxylation is 1. The fraction of sp³-hybridized carbons (Fsp3) is 0.429. The van der Waals surface area contributed by atoms with E-state index in [0.717, 1.165) is 22.1 Å². The van der Waals surface area contributed by atoms with Crippen LogP contribution in [-0.4, -0.2) is 19.9 Å². The van der Waals surface area contributed by atoms with E-state index >= 15 is 0 Å². The van der Waals surface area contributed by atoms with E-state index in [0.29, 0.717) is 11.0 Å². The molecule has 0 unspecified atom stereocenters. The highest BCUT2D eigenvalue weighted by Crippen LogP contribution is 2.30. The first-order valence-electron chi connectivity index (χ1n) is 6.39. The van der Waals surface area contributed by atoms with Crippen molar-refractivity contribution in [3.8, 4) is 0 Å². The molecular weight excluding hydrogens is 270 g/mol. The van der Waals surface area contributed by atoms with Gasteiger partial charge in [-0.1, -0.05) is 20.8 Å². The van der Waals surface area contributed by atoms with Gasteiger partial charge in [-0.3, -0.25) is 0 Å². The average molecular weight is 289 g/mol. The monoisotopic (exact) mass is 289 g/mol. The van der Waals surface area contributed by atoms with Crippen molar-refractivity contribution in [1.82, 2.24) is 19.9 Å². The minimum atomic E-state index is -0.148. The second kappa shape index (κ2) is 5.36. The zero-order chi connectivity index (χ0) is 14.9. The van der Waals surface area contributed by atoms with Crippen LogP contribution in [0.4, 0.5) is 5.82 Å². The van der Waals surface area contributed by atoms with Crippen molar-refractivity contribution in [1.29, 1.82) is 0 Å². The quantitative estimate of drug-likeness (QED) is 0.676. The lowest BCUT2D eigenvalue weighted by Gasteiger charge is -2.18. The van der Waals surface area contributed by atoms with Crippen LogP contribution in [0.3, 0.4) is 0 Å². The van der Waals surface area contributed by atoms with Crippen LogP contribution < -0.4 is 5.73 Å². The molecule has 0 bridgehead atoms. The summed E-state index contributed by atoms with van der Waals surface area (Å²) in [5.74, 6) is 1.25. The zero-order valence-corrected chi connectivity index (χ0v) is 13.2. The second-order valence-electron chi connectivity index (χ2n) is 5.70. The Labute approximate surface area is 123 Å². The molecule has 5 nitrogen and oxygen atoms in total. The Morgan fingerprint density at radius 1 is 1.10 bits per heavy atom. The Bertz CT molecular complexity index is 634. The van der Waals surface area contributed by atoms with Gasteiger partial charge in [0.15, 0.2) is 5.16 Å². The number of anilines is 1. The van der Waals surface area contributed by atoms with E-state index in [1.54, 1.807) is 6.20 Å². The summed E-state index contributed by atoms with van der Waals surface area (Å²) in [4.78, 5) is 17.6. The van der Waals surface area contributed by atoms with Crippen LogP contribution in [0.15, 0.2) is 22.4 Å². The number of nitrogen functional groups attached to an aromatic ring is 1. The fourth-order valence-electron chi connectivity index (χ4n) is 1.51. The first-order valence-corrected chi connectivity index (χ1v) is 7.21. The van der Waals surface area contributed by atoms with Crippen molar-refractivity contribution in [2.45, 2.75) is 50.2 Å². The smallest absolute Gasteiger partial charge is 0.194 e. The van der Waals surface area contributed by atoms with Gasteiger partial charge in [0.1, 0.15) is 16.7 Å².